The number of benzene rings is 1. The van der Waals surface area contributed by atoms with Crippen LogP contribution in [-0.2, 0) is 10.2 Å². The van der Waals surface area contributed by atoms with Crippen LogP contribution in [0.1, 0.15) is 54.7 Å². The number of hydrogen-bond acceptors (Lipinski definition) is 3. The summed E-state index contributed by atoms with van der Waals surface area (Å²) in [5, 5.41) is 16.8. The van der Waals surface area contributed by atoms with Crippen molar-refractivity contribution in [3.8, 4) is 0 Å². The number of carboxylic acids is 1. The zero-order valence-electron chi connectivity index (χ0n) is 14.3. The molecule has 0 spiro atoms. The highest BCUT2D eigenvalue weighted by Gasteiger charge is 2.36. The summed E-state index contributed by atoms with van der Waals surface area (Å²) in [6.07, 6.45) is 5.98. The molecule has 1 heterocycles. The number of nitrogens with zero attached hydrogens (tertiary/aromatic N) is 2. The lowest BCUT2D eigenvalue weighted by Crippen LogP contribution is -2.44. The Hall–Kier alpha value is -2.63. The molecule has 1 atom stereocenters. The molecule has 1 aliphatic carbocycles. The highest BCUT2D eigenvalue weighted by atomic mass is 16.4. The summed E-state index contributed by atoms with van der Waals surface area (Å²) < 4.78 is 1.78. The molecule has 1 amide bonds. The number of carboxylic acid groups (broad SMARTS) is 1. The first-order valence-electron chi connectivity index (χ1n) is 8.63. The molecular weight excluding hydrogens is 318 g/mol. The van der Waals surface area contributed by atoms with Gasteiger partial charge in [-0.15, -0.1) is 0 Å². The molecule has 25 heavy (non-hydrogen) atoms. The molecule has 6 nitrogen and oxygen atoms in total. The summed E-state index contributed by atoms with van der Waals surface area (Å²) in [6.45, 7) is 1.64. The molecule has 1 aromatic carbocycles. The molecule has 2 aromatic rings. The number of aliphatic carboxylic acids is 1. The van der Waals surface area contributed by atoms with Gasteiger partial charge >= 0.3 is 5.97 Å². The number of nitrogens with one attached hydrogen (secondary N) is 1. The lowest BCUT2D eigenvalue weighted by atomic mass is 9.82. The van der Waals surface area contributed by atoms with Crippen LogP contribution in [0.4, 0.5) is 0 Å². The van der Waals surface area contributed by atoms with Crippen molar-refractivity contribution in [2.24, 2.45) is 0 Å². The van der Waals surface area contributed by atoms with E-state index in [9.17, 15) is 14.7 Å². The first-order chi connectivity index (χ1) is 12.0. The van der Waals surface area contributed by atoms with Crippen molar-refractivity contribution in [2.75, 3.05) is 6.54 Å². The van der Waals surface area contributed by atoms with Crippen LogP contribution in [0.15, 0.2) is 42.6 Å². The van der Waals surface area contributed by atoms with Crippen molar-refractivity contribution in [3.05, 3.63) is 53.9 Å². The maximum absolute atomic E-state index is 12.6. The predicted octanol–water partition coefficient (Wildman–Crippen LogP) is 2.77. The molecule has 0 radical (unpaired) electrons. The van der Waals surface area contributed by atoms with Gasteiger partial charge in [0.25, 0.3) is 5.91 Å². The zero-order valence-corrected chi connectivity index (χ0v) is 14.3. The van der Waals surface area contributed by atoms with Gasteiger partial charge in [-0.05, 0) is 31.4 Å². The third kappa shape index (κ3) is 3.43. The second kappa shape index (κ2) is 7.09. The monoisotopic (exact) mass is 341 g/mol. The fourth-order valence-corrected chi connectivity index (χ4v) is 3.39. The van der Waals surface area contributed by atoms with Crippen molar-refractivity contribution < 1.29 is 14.7 Å². The van der Waals surface area contributed by atoms with Crippen LogP contribution in [0.3, 0.4) is 0 Å². The van der Waals surface area contributed by atoms with Gasteiger partial charge in [0.05, 0.1) is 6.04 Å². The summed E-state index contributed by atoms with van der Waals surface area (Å²) in [7, 11) is 0. The van der Waals surface area contributed by atoms with Gasteiger partial charge in [-0.2, -0.15) is 5.10 Å². The summed E-state index contributed by atoms with van der Waals surface area (Å²) in [5.74, 6) is -1.25. The summed E-state index contributed by atoms with van der Waals surface area (Å²) >= 11 is 0. The number of aromatic nitrogens is 2. The standard InChI is InChI=1S/C19H23N3O3/c1-19(18(24)25,14-7-3-2-4-8-14)13-20-17(23)16-11-12-21-22(16)15-9-5-6-10-15/h2-4,7-8,11-12,15H,5-6,9-10,13H2,1H3,(H,20,23)(H,24,25). The van der Waals surface area contributed by atoms with E-state index in [0.29, 0.717) is 11.3 Å². The molecule has 1 aliphatic rings. The van der Waals surface area contributed by atoms with Crippen LogP contribution in [0.5, 0.6) is 0 Å². The third-order valence-electron chi connectivity index (χ3n) is 5.06. The van der Waals surface area contributed by atoms with Crippen molar-refractivity contribution in [2.45, 2.75) is 44.1 Å². The summed E-state index contributed by atoms with van der Waals surface area (Å²) in [5.41, 5.74) is -0.0328. The van der Waals surface area contributed by atoms with Gasteiger partial charge in [-0.1, -0.05) is 43.2 Å². The molecule has 0 saturated heterocycles. The van der Waals surface area contributed by atoms with Crippen molar-refractivity contribution in [1.82, 2.24) is 15.1 Å². The van der Waals surface area contributed by atoms with E-state index >= 15 is 0 Å². The molecule has 3 rings (SSSR count). The van der Waals surface area contributed by atoms with Crippen molar-refractivity contribution in [1.29, 1.82) is 0 Å². The quantitative estimate of drug-likeness (QED) is 0.846. The Labute approximate surface area is 146 Å². The van der Waals surface area contributed by atoms with E-state index in [1.54, 1.807) is 48.1 Å². The first kappa shape index (κ1) is 17.2. The molecule has 1 fully saturated rings. The largest absolute Gasteiger partial charge is 0.481 e. The van der Waals surface area contributed by atoms with Crippen molar-refractivity contribution >= 4 is 11.9 Å². The molecular formula is C19H23N3O3. The van der Waals surface area contributed by atoms with Crippen LogP contribution >= 0.6 is 0 Å². The Kier molecular flexibility index (Phi) is 4.88. The third-order valence-corrected chi connectivity index (χ3v) is 5.06. The van der Waals surface area contributed by atoms with E-state index in [1.807, 2.05) is 6.07 Å². The van der Waals surface area contributed by atoms with E-state index in [4.69, 9.17) is 0 Å². The minimum atomic E-state index is -1.19. The molecule has 1 saturated carbocycles. The van der Waals surface area contributed by atoms with Gasteiger partial charge < -0.3 is 10.4 Å². The summed E-state index contributed by atoms with van der Waals surface area (Å²) in [6, 6.07) is 10.9. The minimum Gasteiger partial charge on any atom is -0.481 e. The Morgan fingerprint density at radius 3 is 2.56 bits per heavy atom. The van der Waals surface area contributed by atoms with Gasteiger partial charge in [0.2, 0.25) is 0 Å². The molecule has 2 N–H and O–H groups in total. The number of amides is 1. The van der Waals surface area contributed by atoms with Crippen LogP contribution < -0.4 is 5.32 Å². The van der Waals surface area contributed by atoms with Gasteiger partial charge in [0, 0.05) is 12.7 Å². The number of hydrogen-bond donors (Lipinski definition) is 2. The number of rotatable bonds is 6. The SMILES string of the molecule is CC(CNC(=O)c1ccnn1C1CCCC1)(C(=O)O)c1ccccc1. The van der Waals surface area contributed by atoms with E-state index in [2.05, 4.69) is 10.4 Å². The smallest absolute Gasteiger partial charge is 0.315 e. The van der Waals surface area contributed by atoms with Crippen LogP contribution in [0, 0.1) is 0 Å². The maximum atomic E-state index is 12.6. The maximum Gasteiger partial charge on any atom is 0.315 e. The average Bonchev–Trinajstić information content (AvgIpc) is 3.30. The van der Waals surface area contributed by atoms with E-state index in [1.165, 1.54) is 0 Å². The minimum absolute atomic E-state index is 0.0149. The highest BCUT2D eigenvalue weighted by molar-refractivity contribution is 5.93. The van der Waals surface area contributed by atoms with Gasteiger partial charge in [0.15, 0.2) is 0 Å². The van der Waals surface area contributed by atoms with Gasteiger partial charge in [-0.3, -0.25) is 14.3 Å². The predicted molar refractivity (Wildman–Crippen MR) is 93.5 cm³/mol. The second-order valence-electron chi connectivity index (χ2n) is 6.79. The molecule has 0 aliphatic heterocycles. The van der Waals surface area contributed by atoms with Crippen molar-refractivity contribution in [3.63, 3.8) is 0 Å². The Morgan fingerprint density at radius 2 is 1.92 bits per heavy atom. The number of carbonyl (C=O) groups is 2. The fourth-order valence-electron chi connectivity index (χ4n) is 3.39. The first-order valence-corrected chi connectivity index (χ1v) is 8.63. The zero-order chi connectivity index (χ0) is 17.9. The average molecular weight is 341 g/mol. The van der Waals surface area contributed by atoms with Gasteiger partial charge in [-0.25, -0.2) is 0 Å². The van der Waals surface area contributed by atoms with Crippen LogP contribution in [-0.4, -0.2) is 33.3 Å². The van der Waals surface area contributed by atoms with Gasteiger partial charge in [0.1, 0.15) is 11.1 Å². The molecule has 0 bridgehead atoms. The fraction of sp³-hybridized carbons (Fsp3) is 0.421. The molecule has 6 heteroatoms. The van der Waals surface area contributed by atoms with E-state index in [0.717, 1.165) is 25.7 Å². The molecule has 1 unspecified atom stereocenters. The normalized spacial score (nSPS) is 17.2. The summed E-state index contributed by atoms with van der Waals surface area (Å²) in [4.78, 5) is 24.4. The van der Waals surface area contributed by atoms with E-state index < -0.39 is 11.4 Å². The highest BCUT2D eigenvalue weighted by Crippen LogP contribution is 2.30. The van der Waals surface area contributed by atoms with Crippen LogP contribution in [0.25, 0.3) is 0 Å². The van der Waals surface area contributed by atoms with E-state index in [-0.39, 0.29) is 18.5 Å². The Balaban J connectivity index is 1.75. The lowest BCUT2D eigenvalue weighted by Gasteiger charge is -2.26. The van der Waals surface area contributed by atoms with Crippen LogP contribution in [0.2, 0.25) is 0 Å². The Morgan fingerprint density at radius 1 is 1.24 bits per heavy atom. The number of carbonyl (C=O) groups excluding carboxylic acids is 1. The lowest BCUT2D eigenvalue weighted by molar-refractivity contribution is -0.142. The Bertz CT molecular complexity index is 750. The molecule has 1 aromatic heterocycles. The topological polar surface area (TPSA) is 84.2 Å². The molecule has 132 valence electrons. The second-order valence-corrected chi connectivity index (χ2v) is 6.79.